The summed E-state index contributed by atoms with van der Waals surface area (Å²) in [7, 11) is 0. The van der Waals surface area contributed by atoms with Gasteiger partial charge in [0.25, 0.3) is 0 Å². The van der Waals surface area contributed by atoms with Gasteiger partial charge in [-0.1, -0.05) is 25.5 Å². The minimum atomic E-state index is -0.806. The molecule has 100 valence electrons. The molecule has 2 aliphatic rings. The third-order valence-electron chi connectivity index (χ3n) is 3.67. The molecule has 1 amide bonds. The fraction of sp³-hybridized carbons (Fsp3) is 0.692. The molecule has 0 aromatic rings. The van der Waals surface area contributed by atoms with E-state index in [1.54, 1.807) is 0 Å². The fourth-order valence-electron chi connectivity index (χ4n) is 2.54. The number of carbonyl (C=O) groups is 2. The number of nitrogens with zero attached hydrogens (tertiary/aromatic N) is 1. The summed E-state index contributed by atoms with van der Waals surface area (Å²) in [5.41, 5.74) is 0. The molecule has 18 heavy (non-hydrogen) atoms. The monoisotopic (exact) mass is 253 g/mol. The zero-order chi connectivity index (χ0) is 13.1. The highest BCUT2D eigenvalue weighted by Gasteiger charge is 2.42. The molecule has 1 N–H and O–H groups in total. The highest BCUT2D eigenvalue weighted by Crippen LogP contribution is 2.40. The van der Waals surface area contributed by atoms with E-state index in [9.17, 15) is 14.7 Å². The molecule has 1 aliphatic heterocycles. The van der Waals surface area contributed by atoms with Gasteiger partial charge in [-0.2, -0.15) is 0 Å². The first-order valence-electron chi connectivity index (χ1n) is 6.37. The first kappa shape index (κ1) is 12.9. The zero-order valence-electron chi connectivity index (χ0n) is 10.4. The second-order valence-electron chi connectivity index (χ2n) is 5.15. The molecule has 1 aliphatic carbocycles. The van der Waals surface area contributed by atoms with Crippen LogP contribution in [0.5, 0.6) is 0 Å². The van der Waals surface area contributed by atoms with Crippen molar-refractivity contribution in [2.75, 3.05) is 19.7 Å². The van der Waals surface area contributed by atoms with Crippen LogP contribution in [0.1, 0.15) is 19.3 Å². The highest BCUT2D eigenvalue weighted by molar-refractivity contribution is 5.74. The SMILES string of the molecule is C=CCOC(=O)N1C[C@@H](CC2CC2)[C@H](C(=O)O)C1. The van der Waals surface area contributed by atoms with Crippen LogP contribution in [0.4, 0.5) is 4.79 Å². The maximum Gasteiger partial charge on any atom is 0.410 e. The standard InChI is InChI=1S/C13H19NO4/c1-2-5-18-13(17)14-7-10(6-9-3-4-9)11(8-14)12(15)16/h2,9-11H,1,3-8H2,(H,15,16)/t10-,11-/m1/s1. The van der Waals surface area contributed by atoms with E-state index in [4.69, 9.17) is 4.74 Å². The lowest BCUT2D eigenvalue weighted by Gasteiger charge is -2.15. The molecule has 0 bridgehead atoms. The molecule has 0 aromatic heterocycles. The van der Waals surface area contributed by atoms with Crippen LogP contribution in [-0.2, 0) is 9.53 Å². The van der Waals surface area contributed by atoms with Crippen LogP contribution in [0, 0.1) is 17.8 Å². The lowest BCUT2D eigenvalue weighted by Crippen LogP contribution is -2.30. The van der Waals surface area contributed by atoms with E-state index in [0.29, 0.717) is 12.5 Å². The van der Waals surface area contributed by atoms with Crippen LogP contribution >= 0.6 is 0 Å². The van der Waals surface area contributed by atoms with Gasteiger partial charge in [0.15, 0.2) is 0 Å². The summed E-state index contributed by atoms with van der Waals surface area (Å²) < 4.78 is 4.95. The maximum absolute atomic E-state index is 11.7. The van der Waals surface area contributed by atoms with Crippen LogP contribution in [-0.4, -0.2) is 41.8 Å². The summed E-state index contributed by atoms with van der Waals surface area (Å²) in [6.07, 6.45) is 4.39. The van der Waals surface area contributed by atoms with Gasteiger partial charge >= 0.3 is 12.1 Å². The summed E-state index contributed by atoms with van der Waals surface area (Å²) in [5, 5.41) is 9.20. The van der Waals surface area contributed by atoms with Gasteiger partial charge in [-0.3, -0.25) is 4.79 Å². The van der Waals surface area contributed by atoms with Crippen molar-refractivity contribution in [3.05, 3.63) is 12.7 Å². The van der Waals surface area contributed by atoms with Crippen molar-refractivity contribution in [3.63, 3.8) is 0 Å². The van der Waals surface area contributed by atoms with Crippen molar-refractivity contribution in [2.45, 2.75) is 19.3 Å². The molecule has 1 heterocycles. The Morgan fingerprint density at radius 1 is 1.39 bits per heavy atom. The van der Waals surface area contributed by atoms with Gasteiger partial charge in [-0.25, -0.2) is 4.79 Å². The molecule has 5 heteroatoms. The molecule has 5 nitrogen and oxygen atoms in total. The van der Waals surface area contributed by atoms with Crippen molar-refractivity contribution < 1.29 is 19.4 Å². The molecule has 2 fully saturated rings. The number of hydrogen-bond donors (Lipinski definition) is 1. The van der Waals surface area contributed by atoms with Gasteiger partial charge in [-0.05, 0) is 18.3 Å². The Morgan fingerprint density at radius 3 is 2.67 bits per heavy atom. The minimum absolute atomic E-state index is 0.0753. The molecular formula is C13H19NO4. The third kappa shape index (κ3) is 3.03. The molecule has 0 radical (unpaired) electrons. The quantitative estimate of drug-likeness (QED) is 0.758. The highest BCUT2D eigenvalue weighted by atomic mass is 16.6. The van der Waals surface area contributed by atoms with Gasteiger partial charge in [-0.15, -0.1) is 0 Å². The van der Waals surface area contributed by atoms with E-state index < -0.39 is 18.0 Å². The molecule has 0 spiro atoms. The largest absolute Gasteiger partial charge is 0.481 e. The average molecular weight is 253 g/mol. The lowest BCUT2D eigenvalue weighted by molar-refractivity contribution is -0.142. The van der Waals surface area contributed by atoms with Crippen LogP contribution in [0.25, 0.3) is 0 Å². The molecule has 2 atom stereocenters. The number of carboxylic acids is 1. The zero-order valence-corrected chi connectivity index (χ0v) is 10.4. The smallest absolute Gasteiger partial charge is 0.410 e. The summed E-state index contributed by atoms with van der Waals surface area (Å²) in [5.74, 6) is -0.506. The Balaban J connectivity index is 1.92. The molecule has 1 saturated heterocycles. The number of likely N-dealkylation sites (tertiary alicyclic amines) is 1. The number of rotatable bonds is 5. The van der Waals surface area contributed by atoms with Gasteiger partial charge in [0.2, 0.25) is 0 Å². The number of carboxylic acid groups (broad SMARTS) is 1. The Hall–Kier alpha value is -1.52. The fourth-order valence-corrected chi connectivity index (χ4v) is 2.54. The van der Waals surface area contributed by atoms with Gasteiger partial charge < -0.3 is 14.7 Å². The normalized spacial score (nSPS) is 27.0. The van der Waals surface area contributed by atoms with Crippen LogP contribution in [0.3, 0.4) is 0 Å². The number of aliphatic carboxylic acids is 1. The van der Waals surface area contributed by atoms with E-state index in [-0.39, 0.29) is 19.1 Å². The van der Waals surface area contributed by atoms with E-state index >= 15 is 0 Å². The van der Waals surface area contributed by atoms with Crippen molar-refractivity contribution in [3.8, 4) is 0 Å². The molecule has 2 rings (SSSR count). The number of hydrogen-bond acceptors (Lipinski definition) is 3. The van der Waals surface area contributed by atoms with Crippen LogP contribution in [0.15, 0.2) is 12.7 Å². The van der Waals surface area contributed by atoms with Crippen LogP contribution in [0.2, 0.25) is 0 Å². The number of amides is 1. The Labute approximate surface area is 106 Å². The van der Waals surface area contributed by atoms with Gasteiger partial charge in [0.1, 0.15) is 6.61 Å². The number of ether oxygens (including phenoxy) is 1. The molecule has 0 unspecified atom stereocenters. The van der Waals surface area contributed by atoms with E-state index in [1.165, 1.54) is 23.8 Å². The predicted octanol–water partition coefficient (Wildman–Crippen LogP) is 1.74. The van der Waals surface area contributed by atoms with Crippen molar-refractivity contribution >= 4 is 12.1 Å². The Bertz CT molecular complexity index is 351. The summed E-state index contributed by atoms with van der Waals surface area (Å²) in [6.45, 7) is 4.41. The predicted molar refractivity (Wildman–Crippen MR) is 65.1 cm³/mol. The Kier molecular flexibility index (Phi) is 3.89. The second-order valence-corrected chi connectivity index (χ2v) is 5.15. The van der Waals surface area contributed by atoms with Gasteiger partial charge in [0.05, 0.1) is 5.92 Å². The first-order valence-corrected chi connectivity index (χ1v) is 6.37. The van der Waals surface area contributed by atoms with E-state index in [1.807, 2.05) is 0 Å². The molecular weight excluding hydrogens is 234 g/mol. The second kappa shape index (κ2) is 5.42. The van der Waals surface area contributed by atoms with Crippen molar-refractivity contribution in [1.29, 1.82) is 0 Å². The first-order chi connectivity index (χ1) is 8.61. The summed E-state index contributed by atoms with van der Waals surface area (Å²) in [6, 6.07) is 0. The summed E-state index contributed by atoms with van der Waals surface area (Å²) in [4.78, 5) is 24.4. The molecule has 0 aromatic carbocycles. The van der Waals surface area contributed by atoms with Gasteiger partial charge in [0, 0.05) is 13.1 Å². The van der Waals surface area contributed by atoms with Crippen molar-refractivity contribution in [2.24, 2.45) is 17.8 Å². The topological polar surface area (TPSA) is 66.8 Å². The van der Waals surface area contributed by atoms with Crippen LogP contribution < -0.4 is 0 Å². The minimum Gasteiger partial charge on any atom is -0.481 e. The maximum atomic E-state index is 11.7. The molecule has 1 saturated carbocycles. The lowest BCUT2D eigenvalue weighted by atomic mass is 9.91. The van der Waals surface area contributed by atoms with E-state index in [0.717, 1.165) is 6.42 Å². The van der Waals surface area contributed by atoms with Crippen molar-refractivity contribution in [1.82, 2.24) is 4.90 Å². The third-order valence-corrected chi connectivity index (χ3v) is 3.67. The Morgan fingerprint density at radius 2 is 2.11 bits per heavy atom. The average Bonchev–Trinajstić information content (AvgIpc) is 3.03. The number of carbonyl (C=O) groups excluding carboxylic acids is 1. The summed E-state index contributed by atoms with van der Waals surface area (Å²) >= 11 is 0. The van der Waals surface area contributed by atoms with E-state index in [2.05, 4.69) is 6.58 Å².